The molecule has 1 aliphatic heterocycles. The monoisotopic (exact) mass is 417 g/mol. The Hall–Kier alpha value is -2.01. The van der Waals surface area contributed by atoms with Crippen molar-refractivity contribution in [3.05, 3.63) is 58.9 Å². The summed E-state index contributed by atoms with van der Waals surface area (Å²) in [5.74, 6) is 2.55. The molecule has 0 spiro atoms. The Morgan fingerprint density at radius 1 is 1.03 bits per heavy atom. The second-order valence-corrected chi connectivity index (χ2v) is 10.4. The molecule has 3 nitrogen and oxygen atoms in total. The van der Waals surface area contributed by atoms with E-state index in [1.165, 1.54) is 47.8 Å². The van der Waals surface area contributed by atoms with Gasteiger partial charge in [-0.25, -0.2) is 9.18 Å². The van der Waals surface area contributed by atoms with Gasteiger partial charge < -0.3 is 9.47 Å². The fraction of sp³-hybridized carbons (Fsp3) is 0.458. The van der Waals surface area contributed by atoms with Crippen molar-refractivity contribution in [3.63, 3.8) is 0 Å². The van der Waals surface area contributed by atoms with Crippen LogP contribution in [0.15, 0.2) is 41.3 Å². The summed E-state index contributed by atoms with van der Waals surface area (Å²) in [4.78, 5) is 13.8. The van der Waals surface area contributed by atoms with E-state index in [0.717, 1.165) is 22.4 Å². The topological polar surface area (TPSA) is 35.5 Å². The number of esters is 1. The first-order chi connectivity index (χ1) is 13.8. The van der Waals surface area contributed by atoms with Crippen LogP contribution in [0.3, 0.4) is 0 Å². The zero-order chi connectivity index (χ0) is 21.0. The van der Waals surface area contributed by atoms with E-state index in [2.05, 4.69) is 12.1 Å². The minimum atomic E-state index is -0.857. The molecule has 0 saturated carbocycles. The van der Waals surface area contributed by atoms with Crippen molar-refractivity contribution in [2.75, 3.05) is 18.1 Å². The lowest BCUT2D eigenvalue weighted by Gasteiger charge is -2.26. The Bertz CT molecular complexity index is 832. The predicted octanol–water partition coefficient (Wildman–Crippen LogP) is 5.46. The Kier molecular flexibility index (Phi) is 6.89. The maximum Gasteiger partial charge on any atom is 0.345 e. The van der Waals surface area contributed by atoms with E-state index in [1.54, 1.807) is 26.0 Å². The summed E-state index contributed by atoms with van der Waals surface area (Å²) in [6.45, 7) is 7.49. The summed E-state index contributed by atoms with van der Waals surface area (Å²) < 4.78 is 24.6. The molecule has 0 amide bonds. The summed E-state index contributed by atoms with van der Waals surface area (Å²) in [5, 5.41) is 0. The van der Waals surface area contributed by atoms with E-state index in [1.807, 2.05) is 13.8 Å². The Balaban J connectivity index is 1.63. The van der Waals surface area contributed by atoms with Crippen molar-refractivity contribution >= 4 is 16.9 Å². The molecule has 0 aliphatic carbocycles. The quantitative estimate of drug-likeness (QED) is 0.462. The highest BCUT2D eigenvalue weighted by Crippen LogP contribution is 2.31. The lowest BCUT2D eigenvalue weighted by Crippen LogP contribution is -2.28. The molecular formula is C24H30FO3S+. The molecule has 0 atom stereocenters. The molecule has 0 bridgehead atoms. The van der Waals surface area contributed by atoms with Crippen LogP contribution in [0, 0.1) is 19.7 Å². The fourth-order valence-electron chi connectivity index (χ4n) is 3.73. The van der Waals surface area contributed by atoms with Crippen LogP contribution < -0.4 is 4.74 Å². The highest BCUT2D eigenvalue weighted by Gasteiger charge is 2.28. The van der Waals surface area contributed by atoms with Gasteiger partial charge in [-0.3, -0.25) is 0 Å². The molecule has 1 aliphatic rings. The van der Waals surface area contributed by atoms with Gasteiger partial charge >= 0.3 is 5.97 Å². The summed E-state index contributed by atoms with van der Waals surface area (Å²) in [6.07, 6.45) is 3.98. The second-order valence-electron chi connectivity index (χ2n) is 8.13. The second kappa shape index (κ2) is 9.21. The third-order valence-electron chi connectivity index (χ3n) is 5.29. The van der Waals surface area contributed by atoms with Crippen molar-refractivity contribution in [2.24, 2.45) is 0 Å². The third-order valence-corrected chi connectivity index (χ3v) is 7.76. The molecule has 2 aromatic rings. The molecule has 156 valence electrons. The number of aryl methyl sites for hydroxylation is 2. The van der Waals surface area contributed by atoms with Gasteiger partial charge in [-0.15, -0.1) is 0 Å². The predicted molar refractivity (Wildman–Crippen MR) is 116 cm³/mol. The van der Waals surface area contributed by atoms with Gasteiger partial charge in [-0.1, -0.05) is 12.1 Å². The maximum absolute atomic E-state index is 13.1. The zero-order valence-corrected chi connectivity index (χ0v) is 18.5. The minimum Gasteiger partial charge on any atom is -0.481 e. The fourth-order valence-corrected chi connectivity index (χ4v) is 6.19. The molecule has 0 N–H and O–H groups in total. The van der Waals surface area contributed by atoms with Crippen molar-refractivity contribution in [3.8, 4) is 5.75 Å². The molecule has 0 radical (unpaired) electrons. The first-order valence-corrected chi connectivity index (χ1v) is 11.7. The highest BCUT2D eigenvalue weighted by molar-refractivity contribution is 7.96. The van der Waals surface area contributed by atoms with Crippen LogP contribution in [0.5, 0.6) is 5.75 Å². The smallest absolute Gasteiger partial charge is 0.345 e. The molecule has 3 rings (SSSR count). The molecule has 0 unspecified atom stereocenters. The standard InChI is InChI=1S/C24H30FO3S/c1-17-14-21(29-12-6-5-7-13-29)15-18(2)23(17)27-16-22(26)28-24(3,4)19-8-10-20(25)11-9-19/h8-11,14-15H,5-7,12-13,16H2,1-4H3/q+1. The maximum atomic E-state index is 13.1. The van der Waals surface area contributed by atoms with Gasteiger partial charge in [-0.05, 0) is 87.9 Å². The molecule has 1 heterocycles. The van der Waals surface area contributed by atoms with E-state index in [-0.39, 0.29) is 12.4 Å². The van der Waals surface area contributed by atoms with Crippen LogP contribution >= 0.6 is 0 Å². The van der Waals surface area contributed by atoms with E-state index < -0.39 is 11.6 Å². The van der Waals surface area contributed by atoms with Crippen molar-refractivity contribution in [1.82, 2.24) is 0 Å². The van der Waals surface area contributed by atoms with Crippen molar-refractivity contribution in [1.29, 1.82) is 0 Å². The molecule has 29 heavy (non-hydrogen) atoms. The highest BCUT2D eigenvalue weighted by atomic mass is 32.2. The summed E-state index contributed by atoms with van der Waals surface area (Å²) in [7, 11) is 0.340. The van der Waals surface area contributed by atoms with Crippen molar-refractivity contribution in [2.45, 2.75) is 57.5 Å². The Labute approximate surface area is 176 Å². The molecule has 5 heteroatoms. The van der Waals surface area contributed by atoms with Crippen LogP contribution in [-0.2, 0) is 26.0 Å². The van der Waals surface area contributed by atoms with Crippen LogP contribution in [0.2, 0.25) is 0 Å². The number of hydrogen-bond acceptors (Lipinski definition) is 3. The lowest BCUT2D eigenvalue weighted by atomic mass is 9.98. The molecule has 0 aromatic heterocycles. The third kappa shape index (κ3) is 5.53. The van der Waals surface area contributed by atoms with E-state index in [0.29, 0.717) is 10.9 Å². The average Bonchev–Trinajstić information content (AvgIpc) is 2.68. The number of halogens is 1. The normalized spacial score (nSPS) is 15.2. The number of rotatable bonds is 6. The first-order valence-electron chi connectivity index (χ1n) is 10.2. The summed E-state index contributed by atoms with van der Waals surface area (Å²) in [5.41, 5.74) is 1.99. The average molecular weight is 418 g/mol. The van der Waals surface area contributed by atoms with Gasteiger partial charge in [0.2, 0.25) is 0 Å². The van der Waals surface area contributed by atoms with Gasteiger partial charge in [-0.2, -0.15) is 0 Å². The lowest BCUT2D eigenvalue weighted by molar-refractivity contribution is -0.159. The number of carbonyl (C=O) groups excluding carboxylic acids is 1. The zero-order valence-electron chi connectivity index (χ0n) is 17.7. The van der Waals surface area contributed by atoms with E-state index >= 15 is 0 Å². The van der Waals surface area contributed by atoms with Gasteiger partial charge in [0.25, 0.3) is 0 Å². The number of carbonyl (C=O) groups is 1. The summed E-state index contributed by atoms with van der Waals surface area (Å²) >= 11 is 0. The summed E-state index contributed by atoms with van der Waals surface area (Å²) in [6, 6.07) is 10.4. The molecule has 1 fully saturated rings. The molecule has 1 saturated heterocycles. The Morgan fingerprint density at radius 2 is 1.62 bits per heavy atom. The Morgan fingerprint density at radius 3 is 2.21 bits per heavy atom. The molecular weight excluding hydrogens is 387 g/mol. The van der Waals surface area contributed by atoms with Gasteiger partial charge in [0.05, 0.1) is 0 Å². The van der Waals surface area contributed by atoms with E-state index in [4.69, 9.17) is 9.47 Å². The van der Waals surface area contributed by atoms with Crippen molar-refractivity contribution < 1.29 is 18.7 Å². The largest absolute Gasteiger partial charge is 0.481 e. The van der Waals surface area contributed by atoms with Crippen LogP contribution in [0.25, 0.3) is 0 Å². The minimum absolute atomic E-state index is 0.155. The number of hydrogen-bond donors (Lipinski definition) is 0. The van der Waals surface area contributed by atoms with E-state index in [9.17, 15) is 9.18 Å². The first kappa shape index (κ1) is 21.7. The van der Waals surface area contributed by atoms with Crippen LogP contribution in [0.4, 0.5) is 4.39 Å². The number of benzene rings is 2. The SMILES string of the molecule is Cc1cc([S+]2CCCCC2)cc(C)c1OCC(=O)OC(C)(C)c1ccc(F)cc1. The van der Waals surface area contributed by atoms with Gasteiger partial charge in [0, 0.05) is 10.9 Å². The number of ether oxygens (including phenoxy) is 2. The molecule has 2 aromatic carbocycles. The van der Waals surface area contributed by atoms with Crippen LogP contribution in [-0.4, -0.2) is 24.1 Å². The van der Waals surface area contributed by atoms with Crippen LogP contribution in [0.1, 0.15) is 49.8 Å². The van der Waals surface area contributed by atoms with Gasteiger partial charge in [0.15, 0.2) is 11.5 Å². The van der Waals surface area contributed by atoms with Gasteiger partial charge in [0.1, 0.15) is 28.7 Å².